The summed E-state index contributed by atoms with van der Waals surface area (Å²) in [7, 11) is 0. The van der Waals surface area contributed by atoms with Crippen molar-refractivity contribution in [2.24, 2.45) is 0 Å². The molecule has 0 radical (unpaired) electrons. The van der Waals surface area contributed by atoms with Crippen molar-refractivity contribution in [2.45, 2.75) is 26.2 Å². The molecule has 0 aliphatic rings. The van der Waals surface area contributed by atoms with Crippen molar-refractivity contribution < 1.29 is 0 Å². The van der Waals surface area contributed by atoms with Gasteiger partial charge in [-0.2, -0.15) is 5.26 Å². The van der Waals surface area contributed by atoms with E-state index >= 15 is 0 Å². The molecule has 0 amide bonds. The molecule has 72 valence electrons. The van der Waals surface area contributed by atoms with Gasteiger partial charge in [0.2, 0.25) is 0 Å². The van der Waals surface area contributed by atoms with Crippen LogP contribution < -0.4 is 0 Å². The van der Waals surface area contributed by atoms with Gasteiger partial charge in [-0.1, -0.05) is 30.4 Å². The molecule has 0 aliphatic heterocycles. The van der Waals surface area contributed by atoms with Crippen LogP contribution in [0.2, 0.25) is 0 Å². The molecule has 1 rings (SSSR count). The van der Waals surface area contributed by atoms with Crippen molar-refractivity contribution in [3.8, 4) is 6.07 Å². The molecule has 0 heterocycles. The highest BCUT2D eigenvalue weighted by molar-refractivity contribution is 5.62. The Balaban J connectivity index is 3.20. The standard InChI is InChI=1S/C13H15N/c1-10(2)11-6-5-7-12(8-11)13(3,4)9-14/h5-8H,1H2,2-4H3. The molecule has 0 spiro atoms. The van der Waals surface area contributed by atoms with E-state index in [4.69, 9.17) is 5.26 Å². The van der Waals surface area contributed by atoms with Crippen molar-refractivity contribution in [3.63, 3.8) is 0 Å². The smallest absolute Gasteiger partial charge is 0.0766 e. The molecular formula is C13H15N. The highest BCUT2D eigenvalue weighted by Crippen LogP contribution is 2.24. The second-order valence-electron chi connectivity index (χ2n) is 4.10. The number of nitrogens with zero attached hydrogens (tertiary/aromatic N) is 1. The first kappa shape index (κ1) is 10.5. The van der Waals surface area contributed by atoms with E-state index in [-0.39, 0.29) is 0 Å². The van der Waals surface area contributed by atoms with Crippen LogP contribution in [0.1, 0.15) is 31.9 Å². The molecule has 0 N–H and O–H groups in total. The Hall–Kier alpha value is -1.55. The van der Waals surface area contributed by atoms with Crippen molar-refractivity contribution in [3.05, 3.63) is 42.0 Å². The van der Waals surface area contributed by atoms with E-state index in [2.05, 4.69) is 12.6 Å². The summed E-state index contributed by atoms with van der Waals surface area (Å²) in [6, 6.07) is 10.3. The number of hydrogen-bond acceptors (Lipinski definition) is 1. The lowest BCUT2D eigenvalue weighted by Crippen LogP contribution is -2.13. The number of allylic oxidation sites excluding steroid dienone is 1. The van der Waals surface area contributed by atoms with Gasteiger partial charge in [-0.3, -0.25) is 0 Å². The number of nitriles is 1. The Morgan fingerprint density at radius 2 is 2.07 bits per heavy atom. The molecule has 1 heteroatoms. The van der Waals surface area contributed by atoms with Gasteiger partial charge in [0.1, 0.15) is 0 Å². The quantitative estimate of drug-likeness (QED) is 0.691. The minimum atomic E-state index is -0.425. The van der Waals surface area contributed by atoms with E-state index in [9.17, 15) is 0 Å². The van der Waals surface area contributed by atoms with Crippen LogP contribution in [0, 0.1) is 11.3 Å². The number of benzene rings is 1. The van der Waals surface area contributed by atoms with Crippen LogP contribution in [0.3, 0.4) is 0 Å². The third-order valence-corrected chi connectivity index (χ3v) is 2.36. The zero-order chi connectivity index (χ0) is 10.8. The molecule has 0 aromatic heterocycles. The van der Waals surface area contributed by atoms with E-state index in [0.29, 0.717) is 0 Å². The van der Waals surface area contributed by atoms with Gasteiger partial charge in [0.05, 0.1) is 11.5 Å². The fourth-order valence-corrected chi connectivity index (χ4v) is 1.24. The maximum absolute atomic E-state index is 9.00. The van der Waals surface area contributed by atoms with Gasteiger partial charge in [-0.15, -0.1) is 0 Å². The lowest BCUT2D eigenvalue weighted by atomic mass is 9.85. The van der Waals surface area contributed by atoms with E-state index in [1.165, 1.54) is 0 Å². The van der Waals surface area contributed by atoms with Gasteiger partial charge >= 0.3 is 0 Å². The average molecular weight is 185 g/mol. The first-order valence-corrected chi connectivity index (χ1v) is 4.65. The van der Waals surface area contributed by atoms with Crippen LogP contribution >= 0.6 is 0 Å². The van der Waals surface area contributed by atoms with Crippen LogP contribution in [0.5, 0.6) is 0 Å². The third-order valence-electron chi connectivity index (χ3n) is 2.36. The van der Waals surface area contributed by atoms with Crippen molar-refractivity contribution in [1.29, 1.82) is 5.26 Å². The molecule has 0 atom stereocenters. The lowest BCUT2D eigenvalue weighted by Gasteiger charge is -2.16. The summed E-state index contributed by atoms with van der Waals surface area (Å²) in [5.41, 5.74) is 2.75. The van der Waals surface area contributed by atoms with Gasteiger partial charge in [0, 0.05) is 0 Å². The van der Waals surface area contributed by atoms with Crippen molar-refractivity contribution in [1.82, 2.24) is 0 Å². The molecule has 0 unspecified atom stereocenters. The molecule has 1 aromatic carbocycles. The topological polar surface area (TPSA) is 23.8 Å². The Bertz CT molecular complexity index is 394. The van der Waals surface area contributed by atoms with Crippen LogP contribution in [0.4, 0.5) is 0 Å². The molecular weight excluding hydrogens is 170 g/mol. The molecule has 0 saturated carbocycles. The van der Waals surface area contributed by atoms with Crippen LogP contribution in [-0.2, 0) is 5.41 Å². The highest BCUT2D eigenvalue weighted by atomic mass is 14.3. The number of rotatable bonds is 2. The molecule has 0 saturated heterocycles. The van der Waals surface area contributed by atoms with Gasteiger partial charge < -0.3 is 0 Å². The summed E-state index contributed by atoms with van der Waals surface area (Å²) in [4.78, 5) is 0. The van der Waals surface area contributed by atoms with E-state index in [0.717, 1.165) is 16.7 Å². The Labute approximate surface area is 85.7 Å². The normalized spacial score (nSPS) is 10.7. The average Bonchev–Trinajstić information content (AvgIpc) is 2.18. The highest BCUT2D eigenvalue weighted by Gasteiger charge is 2.19. The van der Waals surface area contributed by atoms with Gasteiger partial charge in [0.15, 0.2) is 0 Å². The zero-order valence-corrected chi connectivity index (χ0v) is 8.96. The van der Waals surface area contributed by atoms with E-state index in [1.807, 2.05) is 45.0 Å². The van der Waals surface area contributed by atoms with Crippen molar-refractivity contribution >= 4 is 5.57 Å². The SMILES string of the molecule is C=C(C)c1cccc(C(C)(C)C#N)c1. The van der Waals surface area contributed by atoms with E-state index < -0.39 is 5.41 Å². The Morgan fingerprint density at radius 3 is 2.57 bits per heavy atom. The Kier molecular flexibility index (Phi) is 2.76. The zero-order valence-electron chi connectivity index (χ0n) is 8.96. The Morgan fingerprint density at radius 1 is 1.43 bits per heavy atom. The summed E-state index contributed by atoms with van der Waals surface area (Å²) < 4.78 is 0. The van der Waals surface area contributed by atoms with Crippen LogP contribution in [-0.4, -0.2) is 0 Å². The summed E-state index contributed by atoms with van der Waals surface area (Å²) >= 11 is 0. The maximum Gasteiger partial charge on any atom is 0.0766 e. The van der Waals surface area contributed by atoms with Crippen LogP contribution in [0.15, 0.2) is 30.8 Å². The monoisotopic (exact) mass is 185 g/mol. The maximum atomic E-state index is 9.00. The predicted octanol–water partition coefficient (Wildman–Crippen LogP) is 3.52. The first-order chi connectivity index (χ1) is 6.47. The minimum absolute atomic E-state index is 0.425. The van der Waals surface area contributed by atoms with Crippen molar-refractivity contribution in [2.75, 3.05) is 0 Å². The minimum Gasteiger partial charge on any atom is -0.197 e. The first-order valence-electron chi connectivity index (χ1n) is 4.65. The fourth-order valence-electron chi connectivity index (χ4n) is 1.24. The van der Waals surface area contributed by atoms with E-state index in [1.54, 1.807) is 0 Å². The third kappa shape index (κ3) is 2.03. The summed E-state index contributed by atoms with van der Waals surface area (Å²) in [6.07, 6.45) is 0. The summed E-state index contributed by atoms with van der Waals surface area (Å²) in [5, 5.41) is 9.00. The molecule has 0 fully saturated rings. The molecule has 14 heavy (non-hydrogen) atoms. The molecule has 0 aliphatic carbocycles. The number of hydrogen-bond donors (Lipinski definition) is 0. The summed E-state index contributed by atoms with van der Waals surface area (Å²) in [5.74, 6) is 0. The van der Waals surface area contributed by atoms with Crippen LogP contribution in [0.25, 0.3) is 5.57 Å². The summed E-state index contributed by atoms with van der Waals surface area (Å²) in [6.45, 7) is 9.70. The lowest BCUT2D eigenvalue weighted by molar-refractivity contribution is 0.686. The second kappa shape index (κ2) is 3.67. The molecule has 1 aromatic rings. The second-order valence-corrected chi connectivity index (χ2v) is 4.10. The molecule has 0 bridgehead atoms. The van der Waals surface area contributed by atoms with Gasteiger partial charge in [-0.25, -0.2) is 0 Å². The largest absolute Gasteiger partial charge is 0.197 e. The van der Waals surface area contributed by atoms with Gasteiger partial charge in [0.25, 0.3) is 0 Å². The fraction of sp³-hybridized carbons (Fsp3) is 0.308. The predicted molar refractivity (Wildman–Crippen MR) is 59.8 cm³/mol. The van der Waals surface area contributed by atoms with Gasteiger partial charge in [-0.05, 0) is 38.0 Å². The molecule has 1 nitrogen and oxygen atoms in total.